The Kier molecular flexibility index (Phi) is 2.94. The fraction of sp³-hybridized carbons (Fsp3) is 0.667. The number of nitrogens with one attached hydrogen (secondary N) is 1. The van der Waals surface area contributed by atoms with Crippen LogP contribution in [-0.2, 0) is 11.3 Å². The molecule has 1 N–H and O–H groups in total. The van der Waals surface area contributed by atoms with Gasteiger partial charge in [0.25, 0.3) is 0 Å². The molecule has 1 unspecified atom stereocenters. The number of oxazole rings is 1. The van der Waals surface area contributed by atoms with Gasteiger partial charge in [-0.1, -0.05) is 0 Å². The lowest BCUT2D eigenvalue weighted by Crippen LogP contribution is -2.22. The van der Waals surface area contributed by atoms with Crippen molar-refractivity contribution >= 4 is 0 Å². The maximum atomic E-state index is 5.27. The first-order valence-electron chi connectivity index (χ1n) is 4.61. The first-order chi connectivity index (χ1) is 6.45. The lowest BCUT2D eigenvalue weighted by Gasteiger charge is -2.07. The second kappa shape index (κ2) is 4.39. The summed E-state index contributed by atoms with van der Waals surface area (Å²) in [4.78, 5) is 3.84. The molecule has 0 spiro atoms. The van der Waals surface area contributed by atoms with Crippen LogP contribution in [0.15, 0.2) is 17.0 Å². The molecule has 2 heterocycles. The molecule has 1 atom stereocenters. The monoisotopic (exact) mass is 182 g/mol. The van der Waals surface area contributed by atoms with Crippen molar-refractivity contribution in [2.45, 2.75) is 13.0 Å². The molecule has 1 saturated heterocycles. The number of nitrogens with zero attached hydrogens (tertiary/aromatic N) is 1. The van der Waals surface area contributed by atoms with Crippen molar-refractivity contribution in [1.82, 2.24) is 10.3 Å². The van der Waals surface area contributed by atoms with Crippen molar-refractivity contribution in [1.29, 1.82) is 0 Å². The van der Waals surface area contributed by atoms with Crippen molar-refractivity contribution in [2.24, 2.45) is 5.92 Å². The summed E-state index contributed by atoms with van der Waals surface area (Å²) in [6.45, 7) is 3.56. The number of hydrogen-bond donors (Lipinski definition) is 1. The molecule has 1 fully saturated rings. The summed E-state index contributed by atoms with van der Waals surface area (Å²) in [7, 11) is 0. The van der Waals surface area contributed by atoms with Gasteiger partial charge in [0.15, 0.2) is 6.39 Å². The van der Waals surface area contributed by atoms with Gasteiger partial charge in [-0.15, -0.1) is 0 Å². The Labute approximate surface area is 77.3 Å². The van der Waals surface area contributed by atoms with Crippen molar-refractivity contribution < 1.29 is 9.15 Å². The second-order valence-corrected chi connectivity index (χ2v) is 3.33. The average molecular weight is 182 g/mol. The minimum absolute atomic E-state index is 0.669. The molecule has 0 aromatic carbocycles. The molecule has 1 aromatic heterocycles. The first kappa shape index (κ1) is 8.72. The van der Waals surface area contributed by atoms with Crippen molar-refractivity contribution in [3.8, 4) is 0 Å². The molecule has 1 aliphatic heterocycles. The van der Waals surface area contributed by atoms with Crippen LogP contribution < -0.4 is 5.32 Å². The van der Waals surface area contributed by atoms with Gasteiger partial charge in [0.2, 0.25) is 0 Å². The summed E-state index contributed by atoms with van der Waals surface area (Å²) in [6.07, 6.45) is 4.36. The largest absolute Gasteiger partial charge is 0.447 e. The van der Waals surface area contributed by atoms with Crippen LogP contribution in [0, 0.1) is 5.92 Å². The van der Waals surface area contributed by atoms with Gasteiger partial charge >= 0.3 is 0 Å². The Balaban J connectivity index is 1.63. The van der Waals surface area contributed by atoms with Gasteiger partial charge in [-0.3, -0.25) is 0 Å². The van der Waals surface area contributed by atoms with E-state index >= 15 is 0 Å². The van der Waals surface area contributed by atoms with E-state index in [4.69, 9.17) is 9.15 Å². The summed E-state index contributed by atoms with van der Waals surface area (Å²) in [5.41, 5.74) is 0. The SMILES string of the molecule is c1ncc(CNCC2CCOC2)o1. The molecule has 0 saturated carbocycles. The minimum atomic E-state index is 0.669. The van der Waals surface area contributed by atoms with Gasteiger partial charge < -0.3 is 14.5 Å². The van der Waals surface area contributed by atoms with E-state index < -0.39 is 0 Å². The predicted molar refractivity (Wildman–Crippen MR) is 47.1 cm³/mol. The Bertz CT molecular complexity index is 230. The van der Waals surface area contributed by atoms with Crippen LogP contribution in [-0.4, -0.2) is 24.7 Å². The van der Waals surface area contributed by atoms with Crippen LogP contribution in [0.25, 0.3) is 0 Å². The lowest BCUT2D eigenvalue weighted by molar-refractivity contribution is 0.185. The van der Waals surface area contributed by atoms with Crippen LogP contribution >= 0.6 is 0 Å². The number of hydrogen-bond acceptors (Lipinski definition) is 4. The summed E-state index contributed by atoms with van der Waals surface area (Å²) < 4.78 is 10.4. The Hall–Kier alpha value is -0.870. The minimum Gasteiger partial charge on any atom is -0.447 e. The highest BCUT2D eigenvalue weighted by molar-refractivity contribution is 4.87. The van der Waals surface area contributed by atoms with Crippen LogP contribution in [0.2, 0.25) is 0 Å². The number of ether oxygens (including phenoxy) is 1. The van der Waals surface area contributed by atoms with Gasteiger partial charge in [0.1, 0.15) is 5.76 Å². The molecule has 4 nitrogen and oxygen atoms in total. The van der Waals surface area contributed by atoms with E-state index in [-0.39, 0.29) is 0 Å². The molecule has 0 bridgehead atoms. The molecule has 0 radical (unpaired) electrons. The third kappa shape index (κ3) is 2.54. The van der Waals surface area contributed by atoms with Crippen molar-refractivity contribution in [3.05, 3.63) is 18.4 Å². The summed E-state index contributed by atoms with van der Waals surface area (Å²) in [5, 5.41) is 3.32. The average Bonchev–Trinajstić information content (AvgIpc) is 2.75. The quantitative estimate of drug-likeness (QED) is 0.748. The van der Waals surface area contributed by atoms with Crippen LogP contribution in [0.1, 0.15) is 12.2 Å². The molecule has 4 heteroatoms. The molecule has 0 aliphatic carbocycles. The first-order valence-corrected chi connectivity index (χ1v) is 4.61. The van der Waals surface area contributed by atoms with E-state index in [0.29, 0.717) is 5.92 Å². The Morgan fingerprint density at radius 1 is 1.62 bits per heavy atom. The molecule has 1 aliphatic rings. The summed E-state index contributed by atoms with van der Waals surface area (Å²) in [5.74, 6) is 1.56. The lowest BCUT2D eigenvalue weighted by atomic mass is 10.1. The van der Waals surface area contributed by atoms with E-state index in [9.17, 15) is 0 Å². The standard InChI is InChI=1S/C9H14N2O2/c1-2-12-6-8(1)3-10-4-9-5-11-7-13-9/h5,7-8,10H,1-4,6H2. The number of rotatable bonds is 4. The zero-order chi connectivity index (χ0) is 8.93. The van der Waals surface area contributed by atoms with Crippen molar-refractivity contribution in [2.75, 3.05) is 19.8 Å². The van der Waals surface area contributed by atoms with Gasteiger partial charge in [0.05, 0.1) is 19.3 Å². The molecule has 72 valence electrons. The second-order valence-electron chi connectivity index (χ2n) is 3.33. The molecular formula is C9H14N2O2. The van der Waals surface area contributed by atoms with Crippen molar-refractivity contribution in [3.63, 3.8) is 0 Å². The molecule has 1 aromatic rings. The number of aromatic nitrogens is 1. The third-order valence-electron chi connectivity index (χ3n) is 2.24. The topological polar surface area (TPSA) is 47.3 Å². The van der Waals surface area contributed by atoms with Gasteiger partial charge in [-0.25, -0.2) is 4.98 Å². The maximum Gasteiger partial charge on any atom is 0.180 e. The van der Waals surface area contributed by atoms with E-state index in [1.54, 1.807) is 6.20 Å². The van der Waals surface area contributed by atoms with Gasteiger partial charge in [-0.2, -0.15) is 0 Å². The third-order valence-corrected chi connectivity index (χ3v) is 2.24. The van der Waals surface area contributed by atoms with Crippen LogP contribution in [0.5, 0.6) is 0 Å². The zero-order valence-electron chi connectivity index (χ0n) is 7.53. The van der Waals surface area contributed by atoms with Gasteiger partial charge in [-0.05, 0) is 12.3 Å². The maximum absolute atomic E-state index is 5.27. The van der Waals surface area contributed by atoms with E-state index in [0.717, 1.165) is 32.1 Å². The normalized spacial score (nSPS) is 22.3. The van der Waals surface area contributed by atoms with Crippen LogP contribution in [0.4, 0.5) is 0 Å². The molecule has 13 heavy (non-hydrogen) atoms. The predicted octanol–water partition coefficient (Wildman–Crippen LogP) is 0.801. The zero-order valence-corrected chi connectivity index (χ0v) is 7.53. The van der Waals surface area contributed by atoms with E-state index in [1.165, 1.54) is 12.8 Å². The van der Waals surface area contributed by atoms with Crippen LogP contribution in [0.3, 0.4) is 0 Å². The summed E-state index contributed by atoms with van der Waals surface area (Å²) >= 11 is 0. The van der Waals surface area contributed by atoms with E-state index in [2.05, 4.69) is 10.3 Å². The molecular weight excluding hydrogens is 168 g/mol. The highest BCUT2D eigenvalue weighted by atomic mass is 16.5. The smallest absolute Gasteiger partial charge is 0.180 e. The molecule has 0 amide bonds. The Morgan fingerprint density at radius 3 is 3.31 bits per heavy atom. The highest BCUT2D eigenvalue weighted by Gasteiger charge is 2.14. The summed E-state index contributed by atoms with van der Waals surface area (Å²) in [6, 6.07) is 0. The fourth-order valence-electron chi connectivity index (χ4n) is 1.47. The van der Waals surface area contributed by atoms with Gasteiger partial charge in [0, 0.05) is 13.2 Å². The van der Waals surface area contributed by atoms with E-state index in [1.807, 2.05) is 0 Å². The molecule has 2 rings (SSSR count). The highest BCUT2D eigenvalue weighted by Crippen LogP contribution is 2.10. The Morgan fingerprint density at radius 2 is 2.62 bits per heavy atom. The fourth-order valence-corrected chi connectivity index (χ4v) is 1.47.